The Hall–Kier alpha value is -2.54. The molecule has 29 heavy (non-hydrogen) atoms. The zero-order chi connectivity index (χ0) is 21.7. The van der Waals surface area contributed by atoms with Crippen LogP contribution >= 0.6 is 0 Å². The van der Waals surface area contributed by atoms with Crippen molar-refractivity contribution in [2.75, 3.05) is 17.7 Å². The van der Waals surface area contributed by atoms with Crippen molar-refractivity contribution in [3.63, 3.8) is 0 Å². The smallest absolute Gasteiger partial charge is 0.224 e. The van der Waals surface area contributed by atoms with E-state index in [1.807, 2.05) is 24.3 Å². The van der Waals surface area contributed by atoms with Gasteiger partial charge in [-0.05, 0) is 47.7 Å². The quantitative estimate of drug-likeness (QED) is 0.492. The molecule has 7 heteroatoms. The van der Waals surface area contributed by atoms with E-state index >= 15 is 0 Å². The number of rotatable bonds is 8. The summed E-state index contributed by atoms with van der Waals surface area (Å²) >= 11 is 0. The van der Waals surface area contributed by atoms with Crippen LogP contribution in [-0.4, -0.2) is 31.8 Å². The van der Waals surface area contributed by atoms with Crippen LogP contribution in [0.4, 0.5) is 5.69 Å². The van der Waals surface area contributed by atoms with Crippen molar-refractivity contribution in [2.24, 2.45) is 0 Å². The van der Waals surface area contributed by atoms with Gasteiger partial charge in [-0.2, -0.15) is 0 Å². The number of hydrogen-bond acceptors (Lipinski definition) is 5. The van der Waals surface area contributed by atoms with Crippen molar-refractivity contribution in [2.45, 2.75) is 50.8 Å². The molecule has 0 saturated heterocycles. The fourth-order valence-electron chi connectivity index (χ4n) is 2.66. The lowest BCUT2D eigenvalue weighted by atomic mass is 9.87. The van der Waals surface area contributed by atoms with Gasteiger partial charge in [-0.1, -0.05) is 39.8 Å². The summed E-state index contributed by atoms with van der Waals surface area (Å²) in [6.45, 7) is 8.35. The molecule has 2 aromatic carbocycles. The third kappa shape index (κ3) is 6.49. The van der Waals surface area contributed by atoms with E-state index in [9.17, 15) is 18.3 Å². The molecule has 0 aliphatic rings. The number of aromatic hydroxyl groups is 1. The van der Waals surface area contributed by atoms with Crippen LogP contribution in [0.25, 0.3) is 0 Å². The molecule has 1 amide bonds. The highest BCUT2D eigenvalue weighted by atomic mass is 32.2. The molecule has 0 radical (unpaired) electrons. The number of carbonyl (C=O) groups excluding carboxylic acids is 1. The molecule has 0 bridgehead atoms. The Morgan fingerprint density at radius 1 is 1.10 bits per heavy atom. The molecular formula is C22H29NO5S. The molecule has 0 spiro atoms. The standard InChI is InChI=1S/C22H29NO5S/c1-5-29(26,27)18-12-13-20(24)19(15-18)23-21(25)7-6-14-28-17-10-8-16(9-11-17)22(2,3)4/h8-13,15,24H,5-7,14H2,1-4H3,(H,23,25). The number of carbonyl (C=O) groups is 1. The maximum Gasteiger partial charge on any atom is 0.224 e. The highest BCUT2D eigenvalue weighted by Gasteiger charge is 2.15. The Morgan fingerprint density at radius 3 is 2.34 bits per heavy atom. The monoisotopic (exact) mass is 419 g/mol. The summed E-state index contributed by atoms with van der Waals surface area (Å²) in [5, 5.41) is 12.4. The Labute approximate surface area is 172 Å². The van der Waals surface area contributed by atoms with Crippen LogP contribution in [0.15, 0.2) is 47.4 Å². The van der Waals surface area contributed by atoms with Crippen LogP contribution < -0.4 is 10.1 Å². The normalized spacial score (nSPS) is 11.9. The van der Waals surface area contributed by atoms with Gasteiger partial charge in [-0.3, -0.25) is 4.79 Å². The molecule has 0 atom stereocenters. The highest BCUT2D eigenvalue weighted by Crippen LogP contribution is 2.27. The average molecular weight is 420 g/mol. The summed E-state index contributed by atoms with van der Waals surface area (Å²) in [6.07, 6.45) is 0.671. The lowest BCUT2D eigenvalue weighted by molar-refractivity contribution is -0.116. The number of nitrogens with one attached hydrogen (secondary N) is 1. The summed E-state index contributed by atoms with van der Waals surface area (Å²) < 4.78 is 29.6. The van der Waals surface area contributed by atoms with E-state index in [0.717, 1.165) is 5.75 Å². The second-order valence-corrected chi connectivity index (χ2v) is 10.1. The van der Waals surface area contributed by atoms with Crippen LogP contribution in [0.5, 0.6) is 11.5 Å². The first-order chi connectivity index (χ1) is 13.5. The molecule has 2 rings (SSSR count). The van der Waals surface area contributed by atoms with Crippen molar-refractivity contribution in [1.29, 1.82) is 0 Å². The Bertz CT molecular complexity index is 944. The molecule has 158 valence electrons. The zero-order valence-corrected chi connectivity index (χ0v) is 18.2. The minimum absolute atomic E-state index is 0.0563. The number of anilines is 1. The summed E-state index contributed by atoms with van der Waals surface area (Å²) in [5.74, 6) is 0.189. The summed E-state index contributed by atoms with van der Waals surface area (Å²) in [6, 6.07) is 11.8. The third-order valence-electron chi connectivity index (χ3n) is 4.52. The largest absolute Gasteiger partial charge is 0.506 e. The predicted octanol–water partition coefficient (Wildman–Crippen LogP) is 4.28. The molecule has 2 aromatic rings. The van der Waals surface area contributed by atoms with Gasteiger partial charge in [-0.15, -0.1) is 0 Å². The molecule has 2 N–H and O–H groups in total. The fourth-order valence-corrected chi connectivity index (χ4v) is 3.57. The SMILES string of the molecule is CCS(=O)(=O)c1ccc(O)c(NC(=O)CCCOc2ccc(C(C)(C)C)cc2)c1. The Balaban J connectivity index is 1.85. The second kappa shape index (κ2) is 9.31. The van der Waals surface area contributed by atoms with Gasteiger partial charge in [-0.25, -0.2) is 8.42 Å². The first-order valence-electron chi connectivity index (χ1n) is 9.62. The van der Waals surface area contributed by atoms with E-state index in [2.05, 4.69) is 26.1 Å². The van der Waals surface area contributed by atoms with Crippen molar-refractivity contribution in [3.05, 3.63) is 48.0 Å². The van der Waals surface area contributed by atoms with Crippen LogP contribution in [0.3, 0.4) is 0 Å². The maximum absolute atomic E-state index is 12.1. The van der Waals surface area contributed by atoms with Crippen molar-refractivity contribution < 1.29 is 23.1 Å². The number of benzene rings is 2. The van der Waals surface area contributed by atoms with Crippen molar-refractivity contribution in [3.8, 4) is 11.5 Å². The van der Waals surface area contributed by atoms with Crippen LogP contribution in [0.1, 0.15) is 46.1 Å². The van der Waals surface area contributed by atoms with Gasteiger partial charge in [0.2, 0.25) is 5.91 Å². The average Bonchev–Trinajstić information content (AvgIpc) is 2.66. The van der Waals surface area contributed by atoms with E-state index in [1.54, 1.807) is 0 Å². The number of hydrogen-bond donors (Lipinski definition) is 2. The van der Waals surface area contributed by atoms with Gasteiger partial charge in [0.1, 0.15) is 11.5 Å². The van der Waals surface area contributed by atoms with Gasteiger partial charge >= 0.3 is 0 Å². The number of ether oxygens (including phenoxy) is 1. The minimum Gasteiger partial charge on any atom is -0.506 e. The molecule has 0 aliphatic carbocycles. The summed E-state index contributed by atoms with van der Waals surface area (Å²) in [7, 11) is -3.42. The van der Waals surface area contributed by atoms with E-state index in [-0.39, 0.29) is 39.8 Å². The Morgan fingerprint density at radius 2 is 1.76 bits per heavy atom. The van der Waals surface area contributed by atoms with Crippen LogP contribution in [0.2, 0.25) is 0 Å². The maximum atomic E-state index is 12.1. The van der Waals surface area contributed by atoms with Crippen molar-refractivity contribution >= 4 is 21.4 Å². The Kier molecular flexibility index (Phi) is 7.30. The lowest BCUT2D eigenvalue weighted by Crippen LogP contribution is -2.14. The third-order valence-corrected chi connectivity index (χ3v) is 6.25. The number of sulfone groups is 1. The summed E-state index contributed by atoms with van der Waals surface area (Å²) in [5.41, 5.74) is 1.38. The molecule has 6 nitrogen and oxygen atoms in total. The molecule has 0 saturated carbocycles. The van der Waals surface area contributed by atoms with Gasteiger partial charge in [0.25, 0.3) is 0 Å². The van der Waals surface area contributed by atoms with E-state index in [4.69, 9.17) is 4.74 Å². The van der Waals surface area contributed by atoms with Gasteiger partial charge in [0.15, 0.2) is 9.84 Å². The predicted molar refractivity (Wildman–Crippen MR) is 114 cm³/mol. The first kappa shape index (κ1) is 22.7. The molecule has 0 aromatic heterocycles. The first-order valence-corrected chi connectivity index (χ1v) is 11.3. The molecule has 0 unspecified atom stereocenters. The molecule has 0 aliphatic heterocycles. The second-order valence-electron chi connectivity index (χ2n) is 7.86. The number of phenols is 1. The fraction of sp³-hybridized carbons (Fsp3) is 0.409. The lowest BCUT2D eigenvalue weighted by Gasteiger charge is -2.19. The van der Waals surface area contributed by atoms with E-state index in [1.165, 1.54) is 30.7 Å². The topological polar surface area (TPSA) is 92.7 Å². The van der Waals surface area contributed by atoms with Crippen LogP contribution in [-0.2, 0) is 20.0 Å². The van der Waals surface area contributed by atoms with Gasteiger partial charge in [0, 0.05) is 6.42 Å². The number of phenolic OH excluding ortho intramolecular Hbond substituents is 1. The molecular weight excluding hydrogens is 390 g/mol. The zero-order valence-electron chi connectivity index (χ0n) is 17.4. The van der Waals surface area contributed by atoms with Crippen LogP contribution in [0, 0.1) is 0 Å². The van der Waals surface area contributed by atoms with E-state index in [0.29, 0.717) is 13.0 Å². The summed E-state index contributed by atoms with van der Waals surface area (Å²) in [4.78, 5) is 12.2. The van der Waals surface area contributed by atoms with Gasteiger partial charge in [0.05, 0.1) is 22.9 Å². The number of amides is 1. The highest BCUT2D eigenvalue weighted by molar-refractivity contribution is 7.91. The minimum atomic E-state index is -3.42. The molecule has 0 fully saturated rings. The van der Waals surface area contributed by atoms with Gasteiger partial charge < -0.3 is 15.2 Å². The van der Waals surface area contributed by atoms with Crippen molar-refractivity contribution in [1.82, 2.24) is 0 Å². The van der Waals surface area contributed by atoms with E-state index < -0.39 is 9.84 Å². The molecule has 0 heterocycles.